The van der Waals surface area contributed by atoms with Crippen molar-refractivity contribution in [1.82, 2.24) is 15.2 Å². The number of nitrogens with zero attached hydrogens (tertiary/aromatic N) is 2. The van der Waals surface area contributed by atoms with Gasteiger partial charge in [-0.25, -0.2) is 4.98 Å². The van der Waals surface area contributed by atoms with Crippen LogP contribution in [0.4, 0.5) is 0 Å². The second-order valence-electron chi connectivity index (χ2n) is 7.30. The van der Waals surface area contributed by atoms with Crippen LogP contribution in [0.25, 0.3) is 0 Å². The number of carbonyl (C=O) groups excluding carboxylic acids is 2. The van der Waals surface area contributed by atoms with E-state index in [1.54, 1.807) is 4.90 Å². The van der Waals surface area contributed by atoms with Gasteiger partial charge in [-0.2, -0.15) is 0 Å². The maximum atomic E-state index is 12.3. The molecule has 1 aromatic heterocycles. The Kier molecular flexibility index (Phi) is 6.87. The predicted octanol–water partition coefficient (Wildman–Crippen LogP) is 2.37. The smallest absolute Gasteiger partial charge is 0.241 e. The third-order valence-electron chi connectivity index (χ3n) is 5.06. The van der Waals surface area contributed by atoms with Gasteiger partial charge in [0.2, 0.25) is 11.8 Å². The lowest BCUT2D eigenvalue weighted by Crippen LogP contribution is -2.40. The molecule has 0 bridgehead atoms. The molecule has 1 unspecified atom stereocenters. The van der Waals surface area contributed by atoms with Gasteiger partial charge in [-0.3, -0.25) is 9.59 Å². The number of aryl methyl sites for hydroxylation is 1. The molecular weight excluding hydrogens is 390 g/mol. The molecule has 156 valence electrons. The third kappa shape index (κ3) is 5.55. The number of rotatable bonds is 6. The van der Waals surface area contributed by atoms with E-state index in [0.717, 1.165) is 16.3 Å². The molecule has 2 heterocycles. The highest BCUT2D eigenvalue weighted by molar-refractivity contribution is 7.11. The van der Waals surface area contributed by atoms with Gasteiger partial charge in [0.25, 0.3) is 0 Å². The van der Waals surface area contributed by atoms with Crippen LogP contribution in [-0.2, 0) is 21.8 Å². The van der Waals surface area contributed by atoms with Crippen LogP contribution in [0.2, 0.25) is 0 Å². The number of amides is 2. The normalized spacial score (nSPS) is 19.5. The van der Waals surface area contributed by atoms with E-state index in [9.17, 15) is 14.7 Å². The van der Waals surface area contributed by atoms with Crippen LogP contribution in [0, 0.1) is 6.92 Å². The van der Waals surface area contributed by atoms with Crippen molar-refractivity contribution >= 4 is 23.2 Å². The van der Waals surface area contributed by atoms with E-state index in [1.807, 2.05) is 37.3 Å². The fourth-order valence-corrected chi connectivity index (χ4v) is 4.44. The Morgan fingerprint density at radius 2 is 2.03 bits per heavy atom. The maximum absolute atomic E-state index is 12.3. The minimum absolute atomic E-state index is 0.00883. The van der Waals surface area contributed by atoms with Crippen molar-refractivity contribution in [2.75, 3.05) is 19.6 Å². The first-order chi connectivity index (χ1) is 13.9. The average Bonchev–Trinajstić information content (AvgIpc) is 2.96. The van der Waals surface area contributed by atoms with Crippen LogP contribution in [0.15, 0.2) is 30.3 Å². The van der Waals surface area contributed by atoms with Gasteiger partial charge in [-0.1, -0.05) is 18.2 Å². The summed E-state index contributed by atoms with van der Waals surface area (Å²) in [4.78, 5) is 30.6. The van der Waals surface area contributed by atoms with Crippen molar-refractivity contribution in [3.05, 3.63) is 45.9 Å². The minimum atomic E-state index is -1.05. The lowest BCUT2D eigenvalue weighted by Gasteiger charge is -2.24. The number of carbonyl (C=O) groups is 2. The fraction of sp³-hybridized carbons (Fsp3) is 0.476. The van der Waals surface area contributed by atoms with Gasteiger partial charge in [0.1, 0.15) is 23.0 Å². The van der Waals surface area contributed by atoms with E-state index in [2.05, 4.69) is 10.3 Å². The Balaban J connectivity index is 1.63. The van der Waals surface area contributed by atoms with Crippen molar-refractivity contribution in [2.45, 2.75) is 45.3 Å². The van der Waals surface area contributed by atoms with Crippen LogP contribution >= 0.6 is 11.3 Å². The summed E-state index contributed by atoms with van der Waals surface area (Å²) in [5.74, 6) is 0.438. The quantitative estimate of drug-likeness (QED) is 0.753. The average molecular weight is 418 g/mol. The molecule has 2 aromatic rings. The van der Waals surface area contributed by atoms with E-state index in [0.29, 0.717) is 44.0 Å². The Hall–Kier alpha value is -2.45. The molecule has 7 nitrogen and oxygen atoms in total. The van der Waals surface area contributed by atoms with Gasteiger partial charge >= 0.3 is 0 Å². The number of hydrogen-bond donors (Lipinski definition) is 2. The number of para-hydroxylation sites is 1. The summed E-state index contributed by atoms with van der Waals surface area (Å²) < 4.78 is 5.83. The van der Waals surface area contributed by atoms with E-state index in [4.69, 9.17) is 4.74 Å². The molecule has 0 aliphatic carbocycles. The Morgan fingerprint density at radius 1 is 1.28 bits per heavy atom. The summed E-state index contributed by atoms with van der Waals surface area (Å²) in [6, 6.07) is 9.60. The van der Waals surface area contributed by atoms with Gasteiger partial charge in [-0.15, -0.1) is 11.3 Å². The summed E-state index contributed by atoms with van der Waals surface area (Å²) in [6.45, 7) is 4.71. The lowest BCUT2D eigenvalue weighted by atomic mass is 9.96. The van der Waals surface area contributed by atoms with E-state index in [1.165, 1.54) is 18.3 Å². The topological polar surface area (TPSA) is 91.8 Å². The van der Waals surface area contributed by atoms with Crippen LogP contribution < -0.4 is 10.1 Å². The van der Waals surface area contributed by atoms with Gasteiger partial charge in [-0.05, 0) is 31.9 Å². The molecule has 0 radical (unpaired) electrons. The van der Waals surface area contributed by atoms with Gasteiger partial charge in [0.15, 0.2) is 0 Å². The first-order valence-electron chi connectivity index (χ1n) is 9.76. The fourth-order valence-electron chi connectivity index (χ4n) is 3.32. The molecule has 0 spiro atoms. The molecule has 1 aliphatic rings. The van der Waals surface area contributed by atoms with Crippen LogP contribution in [0.1, 0.15) is 41.8 Å². The number of likely N-dealkylation sites (tertiary alicyclic amines) is 1. The zero-order valence-electron chi connectivity index (χ0n) is 16.8. The molecule has 2 amide bonds. The predicted molar refractivity (Wildman–Crippen MR) is 111 cm³/mol. The summed E-state index contributed by atoms with van der Waals surface area (Å²) in [5, 5.41) is 14.5. The highest BCUT2D eigenvalue weighted by atomic mass is 32.1. The maximum Gasteiger partial charge on any atom is 0.241 e. The molecule has 1 aliphatic heterocycles. The highest BCUT2D eigenvalue weighted by Gasteiger charge is 2.36. The largest absolute Gasteiger partial charge is 0.488 e. The molecule has 29 heavy (non-hydrogen) atoms. The van der Waals surface area contributed by atoms with Crippen molar-refractivity contribution in [3.63, 3.8) is 0 Å². The van der Waals surface area contributed by atoms with Crippen molar-refractivity contribution in [1.29, 1.82) is 0 Å². The second-order valence-corrected chi connectivity index (χ2v) is 8.39. The summed E-state index contributed by atoms with van der Waals surface area (Å²) in [6.07, 6.45) is 1.64. The zero-order valence-corrected chi connectivity index (χ0v) is 17.6. The molecule has 1 atom stereocenters. The van der Waals surface area contributed by atoms with Crippen LogP contribution in [0.5, 0.6) is 5.75 Å². The number of thiazole rings is 1. The molecule has 1 aromatic carbocycles. The van der Waals surface area contributed by atoms with Crippen LogP contribution in [-0.4, -0.2) is 46.4 Å². The second kappa shape index (κ2) is 9.37. The molecule has 2 N–H and O–H groups in total. The molecule has 0 saturated carbocycles. The van der Waals surface area contributed by atoms with Gasteiger partial charge in [0.05, 0.1) is 17.1 Å². The number of ether oxygens (including phenoxy) is 1. The summed E-state index contributed by atoms with van der Waals surface area (Å²) >= 11 is 1.47. The zero-order chi connectivity index (χ0) is 20.9. The number of aliphatic hydroxyl groups is 1. The number of benzene rings is 1. The molecule has 1 fully saturated rings. The number of hydrogen-bond acceptors (Lipinski definition) is 6. The summed E-state index contributed by atoms with van der Waals surface area (Å²) in [5.41, 5.74) is -0.194. The first kappa shape index (κ1) is 21.3. The summed E-state index contributed by atoms with van der Waals surface area (Å²) in [7, 11) is 0. The minimum Gasteiger partial charge on any atom is -0.488 e. The Bertz CT molecular complexity index is 855. The Labute approximate surface area is 174 Å². The van der Waals surface area contributed by atoms with Crippen LogP contribution in [0.3, 0.4) is 0 Å². The first-order valence-corrected chi connectivity index (χ1v) is 10.6. The molecular formula is C21H27N3O4S. The molecule has 1 saturated heterocycles. The third-order valence-corrected chi connectivity index (χ3v) is 6.38. The SMILES string of the molecule is CC(=O)NCC(=O)N1CCCC(O)(c2nc(C)c(COc3ccccc3)s2)CC1. The highest BCUT2D eigenvalue weighted by Crippen LogP contribution is 2.36. The van der Waals surface area contributed by atoms with E-state index in [-0.39, 0.29) is 18.4 Å². The number of aromatic nitrogens is 1. The van der Waals surface area contributed by atoms with Gasteiger partial charge < -0.3 is 20.1 Å². The van der Waals surface area contributed by atoms with Crippen molar-refractivity contribution in [3.8, 4) is 5.75 Å². The van der Waals surface area contributed by atoms with Crippen molar-refractivity contribution in [2.24, 2.45) is 0 Å². The van der Waals surface area contributed by atoms with E-state index < -0.39 is 5.60 Å². The van der Waals surface area contributed by atoms with E-state index >= 15 is 0 Å². The standard InChI is InChI=1S/C21H27N3O4S/c1-15-18(14-28-17-7-4-3-5-8-17)29-20(23-15)21(27)9-6-11-24(12-10-21)19(26)13-22-16(2)25/h3-5,7-8,27H,6,9-14H2,1-2H3,(H,22,25). The van der Waals surface area contributed by atoms with Crippen molar-refractivity contribution < 1.29 is 19.4 Å². The lowest BCUT2D eigenvalue weighted by molar-refractivity contribution is -0.132. The molecule has 8 heteroatoms. The Morgan fingerprint density at radius 3 is 2.76 bits per heavy atom. The van der Waals surface area contributed by atoms with Gasteiger partial charge in [0, 0.05) is 26.4 Å². The monoisotopic (exact) mass is 417 g/mol. The number of nitrogens with one attached hydrogen (secondary N) is 1. The molecule has 3 rings (SSSR count).